The van der Waals surface area contributed by atoms with Crippen molar-refractivity contribution in [2.75, 3.05) is 0 Å². The molecule has 0 radical (unpaired) electrons. The molecule has 0 N–H and O–H groups in total. The predicted octanol–water partition coefficient (Wildman–Crippen LogP) is 4.56. The molecule has 0 spiro atoms. The summed E-state index contributed by atoms with van der Waals surface area (Å²) in [5, 5.41) is 0.158. The number of hydrogen-bond donors (Lipinski definition) is 0. The van der Waals surface area contributed by atoms with Crippen LogP contribution in [0, 0.1) is 11.3 Å². The molecule has 98 valence electrons. The largest absolute Gasteiger partial charge is 0.298 e. The molecule has 18 heavy (non-hydrogen) atoms. The van der Waals surface area contributed by atoms with Crippen molar-refractivity contribution in [2.45, 2.75) is 50.2 Å². The number of Topliss-reactive ketones (excluding diaryl/α,β-unsaturated/α-hetero) is 1. The summed E-state index contributed by atoms with van der Waals surface area (Å²) < 4.78 is 0. The van der Waals surface area contributed by atoms with Gasteiger partial charge in [0, 0.05) is 11.3 Å². The lowest BCUT2D eigenvalue weighted by molar-refractivity contribution is -0.121. The first kappa shape index (κ1) is 13.7. The molecule has 0 saturated heterocycles. The third-order valence-electron chi connectivity index (χ3n) is 3.84. The van der Waals surface area contributed by atoms with Crippen LogP contribution < -0.4 is 0 Å². The number of hydrogen-bond acceptors (Lipinski definition) is 2. The zero-order chi connectivity index (χ0) is 13.2. The third-order valence-corrected chi connectivity index (χ3v) is 5.13. The van der Waals surface area contributed by atoms with Crippen LogP contribution in [0.3, 0.4) is 0 Å². The van der Waals surface area contributed by atoms with E-state index in [1.807, 2.05) is 18.2 Å². The van der Waals surface area contributed by atoms with E-state index in [1.54, 1.807) is 11.8 Å². The van der Waals surface area contributed by atoms with Crippen LogP contribution in [0.15, 0.2) is 35.2 Å². The van der Waals surface area contributed by atoms with Crippen LogP contribution in [0.1, 0.15) is 40.0 Å². The molecular weight excluding hydrogens is 240 g/mol. The Bertz CT molecular complexity index is 405. The Labute approximate surface area is 114 Å². The molecule has 0 bridgehead atoms. The molecule has 2 unspecified atom stereocenters. The van der Waals surface area contributed by atoms with Gasteiger partial charge in [-0.2, -0.15) is 0 Å². The van der Waals surface area contributed by atoms with Gasteiger partial charge in [0.2, 0.25) is 0 Å². The molecule has 0 aromatic heterocycles. The van der Waals surface area contributed by atoms with E-state index >= 15 is 0 Å². The van der Waals surface area contributed by atoms with Crippen LogP contribution in [0.4, 0.5) is 0 Å². The highest BCUT2D eigenvalue weighted by molar-refractivity contribution is 8.00. The summed E-state index contributed by atoms with van der Waals surface area (Å²) in [7, 11) is 0. The standard InChI is InChI=1S/C16H22OS/c1-16(2,3)12-9-10-14(17)15(11-12)18-13-7-5-4-6-8-13/h4-8,12,15H,9-11H2,1-3H3. The third kappa shape index (κ3) is 3.38. The molecule has 1 nitrogen and oxygen atoms in total. The number of rotatable bonds is 2. The van der Waals surface area contributed by atoms with E-state index in [4.69, 9.17) is 0 Å². The minimum absolute atomic E-state index is 0.158. The van der Waals surface area contributed by atoms with Gasteiger partial charge in [-0.25, -0.2) is 0 Å². The fourth-order valence-corrected chi connectivity index (χ4v) is 3.77. The molecule has 1 aliphatic carbocycles. The van der Waals surface area contributed by atoms with Gasteiger partial charge in [-0.15, -0.1) is 11.8 Å². The van der Waals surface area contributed by atoms with Gasteiger partial charge in [0.15, 0.2) is 0 Å². The van der Waals surface area contributed by atoms with Gasteiger partial charge in [0.25, 0.3) is 0 Å². The highest BCUT2D eigenvalue weighted by Crippen LogP contribution is 2.41. The van der Waals surface area contributed by atoms with Crippen LogP contribution in [0.5, 0.6) is 0 Å². The van der Waals surface area contributed by atoms with Crippen molar-refractivity contribution < 1.29 is 4.79 Å². The molecule has 0 heterocycles. The summed E-state index contributed by atoms with van der Waals surface area (Å²) in [6.07, 6.45) is 2.85. The highest BCUT2D eigenvalue weighted by Gasteiger charge is 2.35. The van der Waals surface area contributed by atoms with E-state index in [-0.39, 0.29) is 5.25 Å². The SMILES string of the molecule is CC(C)(C)C1CCC(=O)C(Sc2ccccc2)C1. The van der Waals surface area contributed by atoms with Crippen molar-refractivity contribution in [1.29, 1.82) is 0 Å². The van der Waals surface area contributed by atoms with Gasteiger partial charge in [0.05, 0.1) is 5.25 Å². The normalized spacial score (nSPS) is 25.2. The molecule has 2 rings (SSSR count). The van der Waals surface area contributed by atoms with E-state index in [2.05, 4.69) is 32.9 Å². The molecule has 0 aliphatic heterocycles. The van der Waals surface area contributed by atoms with Crippen LogP contribution in [0.25, 0.3) is 0 Å². The van der Waals surface area contributed by atoms with Gasteiger partial charge in [-0.3, -0.25) is 4.79 Å². The lowest BCUT2D eigenvalue weighted by atomic mass is 9.72. The van der Waals surface area contributed by atoms with Gasteiger partial charge in [-0.1, -0.05) is 39.0 Å². The minimum Gasteiger partial charge on any atom is -0.298 e. The number of carbonyl (C=O) groups is 1. The quantitative estimate of drug-likeness (QED) is 0.777. The summed E-state index contributed by atoms with van der Waals surface area (Å²) in [5.74, 6) is 1.10. The molecular formula is C16H22OS. The van der Waals surface area contributed by atoms with E-state index in [9.17, 15) is 4.79 Å². The second-order valence-corrected chi connectivity index (χ2v) is 7.50. The lowest BCUT2D eigenvalue weighted by Gasteiger charge is -2.36. The zero-order valence-corrected chi connectivity index (χ0v) is 12.3. The molecule has 1 aliphatic rings. The predicted molar refractivity (Wildman–Crippen MR) is 77.9 cm³/mol. The summed E-state index contributed by atoms with van der Waals surface area (Å²) in [6.45, 7) is 6.87. The Morgan fingerprint density at radius 2 is 1.83 bits per heavy atom. The Kier molecular flexibility index (Phi) is 4.16. The Morgan fingerprint density at radius 1 is 1.17 bits per heavy atom. The highest BCUT2D eigenvalue weighted by atomic mass is 32.2. The van der Waals surface area contributed by atoms with Crippen molar-refractivity contribution in [3.05, 3.63) is 30.3 Å². The monoisotopic (exact) mass is 262 g/mol. The van der Waals surface area contributed by atoms with Crippen LogP contribution in [-0.4, -0.2) is 11.0 Å². The first-order chi connectivity index (χ1) is 8.47. The first-order valence-corrected chi connectivity index (χ1v) is 7.59. The van der Waals surface area contributed by atoms with Crippen molar-refractivity contribution >= 4 is 17.5 Å². The average Bonchev–Trinajstić information content (AvgIpc) is 2.32. The Morgan fingerprint density at radius 3 is 2.44 bits per heavy atom. The van der Waals surface area contributed by atoms with Crippen molar-refractivity contribution in [3.8, 4) is 0 Å². The average molecular weight is 262 g/mol. The fourth-order valence-electron chi connectivity index (χ4n) is 2.55. The van der Waals surface area contributed by atoms with Crippen molar-refractivity contribution in [2.24, 2.45) is 11.3 Å². The van der Waals surface area contributed by atoms with Gasteiger partial charge < -0.3 is 0 Å². The van der Waals surface area contributed by atoms with E-state index in [0.717, 1.165) is 19.3 Å². The molecule has 1 aromatic rings. The molecule has 2 atom stereocenters. The second-order valence-electron chi connectivity index (χ2n) is 6.22. The topological polar surface area (TPSA) is 17.1 Å². The Hall–Kier alpha value is -0.760. The van der Waals surface area contributed by atoms with Crippen molar-refractivity contribution in [3.63, 3.8) is 0 Å². The van der Waals surface area contributed by atoms with E-state index in [0.29, 0.717) is 17.1 Å². The van der Waals surface area contributed by atoms with Gasteiger partial charge in [-0.05, 0) is 36.3 Å². The summed E-state index contributed by atoms with van der Waals surface area (Å²) in [5.41, 5.74) is 0.316. The lowest BCUT2D eigenvalue weighted by Crippen LogP contribution is -2.33. The summed E-state index contributed by atoms with van der Waals surface area (Å²) in [6, 6.07) is 10.3. The van der Waals surface area contributed by atoms with E-state index < -0.39 is 0 Å². The second kappa shape index (κ2) is 5.48. The van der Waals surface area contributed by atoms with Gasteiger partial charge in [0.1, 0.15) is 5.78 Å². The summed E-state index contributed by atoms with van der Waals surface area (Å²) in [4.78, 5) is 13.3. The maximum atomic E-state index is 12.1. The van der Waals surface area contributed by atoms with E-state index in [1.165, 1.54) is 4.90 Å². The molecule has 1 aromatic carbocycles. The smallest absolute Gasteiger partial charge is 0.146 e. The Balaban J connectivity index is 2.05. The number of carbonyl (C=O) groups excluding carboxylic acids is 1. The minimum atomic E-state index is 0.158. The van der Waals surface area contributed by atoms with Crippen LogP contribution >= 0.6 is 11.8 Å². The fraction of sp³-hybridized carbons (Fsp3) is 0.562. The molecule has 1 saturated carbocycles. The maximum absolute atomic E-state index is 12.1. The molecule has 2 heteroatoms. The number of ketones is 1. The number of benzene rings is 1. The summed E-state index contributed by atoms with van der Waals surface area (Å²) >= 11 is 1.74. The van der Waals surface area contributed by atoms with Crippen molar-refractivity contribution in [1.82, 2.24) is 0 Å². The maximum Gasteiger partial charge on any atom is 0.146 e. The molecule has 1 fully saturated rings. The number of thioether (sulfide) groups is 1. The first-order valence-electron chi connectivity index (χ1n) is 6.71. The van der Waals surface area contributed by atoms with Crippen LogP contribution in [0.2, 0.25) is 0 Å². The zero-order valence-electron chi connectivity index (χ0n) is 11.5. The van der Waals surface area contributed by atoms with Crippen LogP contribution in [-0.2, 0) is 4.79 Å². The molecule has 0 amide bonds. The van der Waals surface area contributed by atoms with Gasteiger partial charge >= 0.3 is 0 Å².